The van der Waals surface area contributed by atoms with Gasteiger partial charge >= 0.3 is 0 Å². The first-order valence-corrected chi connectivity index (χ1v) is 5.66. The molecule has 1 N–H and O–H groups in total. The van der Waals surface area contributed by atoms with Gasteiger partial charge in [0.15, 0.2) is 0 Å². The summed E-state index contributed by atoms with van der Waals surface area (Å²) < 4.78 is 0. The highest BCUT2D eigenvalue weighted by Crippen LogP contribution is 2.05. The highest BCUT2D eigenvalue weighted by Gasteiger charge is 2.08. The molecule has 0 aliphatic rings. The number of nitrogens with one attached hydrogen (secondary N) is 1. The molecule has 3 heteroatoms. The van der Waals surface area contributed by atoms with Gasteiger partial charge in [-0.3, -0.25) is 4.79 Å². The number of hydrogen-bond donors (Lipinski definition) is 1. The van der Waals surface area contributed by atoms with E-state index in [2.05, 4.69) is 12.2 Å². The molecule has 0 saturated carbocycles. The predicted molar refractivity (Wildman–Crippen MR) is 63.5 cm³/mol. The van der Waals surface area contributed by atoms with Crippen molar-refractivity contribution in [3.05, 3.63) is 35.4 Å². The molecule has 0 aromatic heterocycles. The van der Waals surface area contributed by atoms with Crippen LogP contribution in [0.1, 0.15) is 29.8 Å². The summed E-state index contributed by atoms with van der Waals surface area (Å²) in [6.45, 7) is 3.97. The average molecular weight is 226 g/mol. The van der Waals surface area contributed by atoms with Gasteiger partial charge in [-0.05, 0) is 31.0 Å². The predicted octanol–water partition coefficient (Wildman–Crippen LogP) is 2.61. The summed E-state index contributed by atoms with van der Waals surface area (Å²) >= 11 is 5.62. The van der Waals surface area contributed by atoms with Crippen molar-refractivity contribution < 1.29 is 4.79 Å². The van der Waals surface area contributed by atoms with Crippen LogP contribution in [0.2, 0.25) is 0 Å². The van der Waals surface area contributed by atoms with Crippen molar-refractivity contribution in [3.8, 4) is 0 Å². The summed E-state index contributed by atoms with van der Waals surface area (Å²) in [5.74, 6) is 0.365. The van der Waals surface area contributed by atoms with Gasteiger partial charge in [-0.15, -0.1) is 11.6 Å². The molecule has 0 spiro atoms. The van der Waals surface area contributed by atoms with Gasteiger partial charge in [-0.1, -0.05) is 19.1 Å². The van der Waals surface area contributed by atoms with Crippen molar-refractivity contribution in [2.45, 2.75) is 26.3 Å². The number of alkyl halides is 1. The van der Waals surface area contributed by atoms with Gasteiger partial charge in [0.05, 0.1) is 0 Å². The smallest absolute Gasteiger partial charge is 0.251 e. The van der Waals surface area contributed by atoms with E-state index in [1.807, 2.05) is 31.2 Å². The lowest BCUT2D eigenvalue weighted by Gasteiger charge is -2.10. The maximum Gasteiger partial charge on any atom is 0.251 e. The van der Waals surface area contributed by atoms with E-state index in [-0.39, 0.29) is 11.9 Å². The Labute approximate surface area is 95.6 Å². The Kier molecular flexibility index (Phi) is 4.63. The van der Waals surface area contributed by atoms with E-state index in [0.717, 1.165) is 6.42 Å². The zero-order chi connectivity index (χ0) is 11.3. The van der Waals surface area contributed by atoms with E-state index < -0.39 is 0 Å². The lowest BCUT2D eigenvalue weighted by Crippen LogP contribution is -2.33. The molecule has 0 bridgehead atoms. The van der Waals surface area contributed by atoms with Crippen LogP contribution in [0.4, 0.5) is 0 Å². The number of halogens is 1. The lowest BCUT2D eigenvalue weighted by atomic mass is 10.1. The Morgan fingerprint density at radius 1 is 1.40 bits per heavy atom. The van der Waals surface area contributed by atoms with E-state index in [0.29, 0.717) is 11.4 Å². The van der Waals surface area contributed by atoms with Gasteiger partial charge in [0.25, 0.3) is 5.91 Å². The number of carbonyl (C=O) groups excluding carboxylic acids is 1. The largest absolute Gasteiger partial charge is 0.348 e. The molecule has 1 atom stereocenters. The Bertz CT molecular complexity index is 321. The van der Waals surface area contributed by atoms with Gasteiger partial charge in [0.2, 0.25) is 0 Å². The SMILES string of the molecule is CCc1ccc(C(=O)NC(C)CCl)cc1. The first-order chi connectivity index (χ1) is 7.17. The van der Waals surface area contributed by atoms with Crippen LogP contribution in [0.25, 0.3) is 0 Å². The third kappa shape index (κ3) is 3.56. The number of benzene rings is 1. The van der Waals surface area contributed by atoms with Crippen LogP contribution in [0.15, 0.2) is 24.3 Å². The van der Waals surface area contributed by atoms with E-state index in [1.165, 1.54) is 5.56 Å². The maximum absolute atomic E-state index is 11.6. The van der Waals surface area contributed by atoms with Gasteiger partial charge in [0.1, 0.15) is 0 Å². The molecule has 0 radical (unpaired) electrons. The van der Waals surface area contributed by atoms with E-state index in [1.54, 1.807) is 0 Å². The number of rotatable bonds is 4. The molecule has 0 saturated heterocycles. The minimum Gasteiger partial charge on any atom is -0.348 e. The van der Waals surface area contributed by atoms with Crippen molar-refractivity contribution in [1.82, 2.24) is 5.32 Å². The molecule has 0 fully saturated rings. The van der Waals surface area contributed by atoms with Gasteiger partial charge in [-0.25, -0.2) is 0 Å². The van der Waals surface area contributed by atoms with E-state index in [4.69, 9.17) is 11.6 Å². The molecule has 2 nitrogen and oxygen atoms in total. The first kappa shape index (κ1) is 12.1. The minimum atomic E-state index is -0.0641. The first-order valence-electron chi connectivity index (χ1n) is 5.13. The van der Waals surface area contributed by atoms with Crippen LogP contribution >= 0.6 is 11.6 Å². The summed E-state index contributed by atoms with van der Waals surface area (Å²) in [4.78, 5) is 11.6. The highest BCUT2D eigenvalue weighted by atomic mass is 35.5. The quantitative estimate of drug-likeness (QED) is 0.785. The minimum absolute atomic E-state index is 0.00465. The van der Waals surface area contributed by atoms with Crippen LogP contribution in [-0.4, -0.2) is 17.8 Å². The van der Waals surface area contributed by atoms with Crippen LogP contribution in [0.5, 0.6) is 0 Å². The molecule has 82 valence electrons. The molecule has 1 aromatic carbocycles. The summed E-state index contributed by atoms with van der Waals surface area (Å²) in [5.41, 5.74) is 1.92. The molecule has 0 heterocycles. The Hall–Kier alpha value is -1.02. The number of amides is 1. The number of carbonyl (C=O) groups is 1. The second-order valence-corrected chi connectivity index (χ2v) is 3.89. The zero-order valence-corrected chi connectivity index (χ0v) is 9.84. The molecule has 1 amide bonds. The summed E-state index contributed by atoms with van der Waals surface area (Å²) in [6, 6.07) is 7.63. The monoisotopic (exact) mass is 225 g/mol. The van der Waals surface area contributed by atoms with Crippen molar-refractivity contribution in [2.24, 2.45) is 0 Å². The van der Waals surface area contributed by atoms with Gasteiger partial charge in [-0.2, -0.15) is 0 Å². The third-order valence-corrected chi connectivity index (χ3v) is 2.70. The van der Waals surface area contributed by atoms with Crippen molar-refractivity contribution in [3.63, 3.8) is 0 Å². The van der Waals surface area contributed by atoms with Crippen molar-refractivity contribution in [1.29, 1.82) is 0 Å². The lowest BCUT2D eigenvalue weighted by molar-refractivity contribution is 0.0943. The van der Waals surface area contributed by atoms with Gasteiger partial charge < -0.3 is 5.32 Å². The normalized spacial score (nSPS) is 12.2. The van der Waals surface area contributed by atoms with Crippen molar-refractivity contribution in [2.75, 3.05) is 5.88 Å². The summed E-state index contributed by atoms with van der Waals surface area (Å²) in [6.07, 6.45) is 0.986. The average Bonchev–Trinajstić information content (AvgIpc) is 2.29. The molecule has 1 rings (SSSR count). The van der Waals surface area contributed by atoms with Crippen molar-refractivity contribution >= 4 is 17.5 Å². The van der Waals surface area contributed by atoms with Crippen LogP contribution < -0.4 is 5.32 Å². The van der Waals surface area contributed by atoms with E-state index in [9.17, 15) is 4.79 Å². The Morgan fingerprint density at radius 3 is 2.47 bits per heavy atom. The second kappa shape index (κ2) is 5.76. The standard InChI is InChI=1S/C12H16ClNO/c1-3-10-4-6-11(7-5-10)12(15)14-9(2)8-13/h4-7,9H,3,8H2,1-2H3,(H,14,15). The zero-order valence-electron chi connectivity index (χ0n) is 9.09. The Morgan fingerprint density at radius 2 is 2.00 bits per heavy atom. The number of aryl methyl sites for hydroxylation is 1. The fourth-order valence-corrected chi connectivity index (χ4v) is 1.31. The number of hydrogen-bond acceptors (Lipinski definition) is 1. The fourth-order valence-electron chi connectivity index (χ4n) is 1.24. The highest BCUT2D eigenvalue weighted by molar-refractivity contribution is 6.18. The molecule has 15 heavy (non-hydrogen) atoms. The summed E-state index contributed by atoms with van der Waals surface area (Å²) in [7, 11) is 0. The molecule has 0 aliphatic heterocycles. The topological polar surface area (TPSA) is 29.1 Å². The maximum atomic E-state index is 11.6. The molecular weight excluding hydrogens is 210 g/mol. The van der Waals surface area contributed by atoms with E-state index >= 15 is 0 Å². The van der Waals surface area contributed by atoms with Crippen LogP contribution in [-0.2, 0) is 6.42 Å². The van der Waals surface area contributed by atoms with Crippen LogP contribution in [0, 0.1) is 0 Å². The summed E-state index contributed by atoms with van der Waals surface area (Å²) in [5, 5.41) is 2.81. The van der Waals surface area contributed by atoms with Gasteiger partial charge in [0, 0.05) is 17.5 Å². The molecule has 1 aromatic rings. The molecule has 0 aliphatic carbocycles. The molecule has 1 unspecified atom stereocenters. The van der Waals surface area contributed by atoms with Crippen LogP contribution in [0.3, 0.4) is 0 Å². The Balaban J connectivity index is 2.66. The molecular formula is C12H16ClNO. The second-order valence-electron chi connectivity index (χ2n) is 3.58. The third-order valence-electron chi connectivity index (χ3n) is 2.23. The fraction of sp³-hybridized carbons (Fsp3) is 0.417.